The van der Waals surface area contributed by atoms with E-state index >= 15 is 0 Å². The fourth-order valence-corrected chi connectivity index (χ4v) is 3.75. The summed E-state index contributed by atoms with van der Waals surface area (Å²) in [4.78, 5) is 0. The van der Waals surface area contributed by atoms with E-state index in [0.29, 0.717) is 50.8 Å². The molecule has 2 N–H and O–H groups in total. The van der Waals surface area contributed by atoms with Crippen LogP contribution in [0.15, 0.2) is 30.5 Å². The lowest BCUT2D eigenvalue weighted by atomic mass is 10.2. The van der Waals surface area contributed by atoms with Crippen LogP contribution in [-0.4, -0.2) is 31.2 Å². The number of aryl methyl sites for hydroxylation is 2. The molecule has 0 saturated carbocycles. The molecule has 3 aromatic rings. The second-order valence-electron chi connectivity index (χ2n) is 6.25. The summed E-state index contributed by atoms with van der Waals surface area (Å²) in [5.74, 6) is 0.628. The van der Waals surface area contributed by atoms with Crippen molar-refractivity contribution in [2.75, 3.05) is 11.9 Å². The Hall–Kier alpha value is -1.51. The first-order valence-corrected chi connectivity index (χ1v) is 10.7. The number of nitrogens with zero attached hydrogens (tertiary/aromatic N) is 4. The number of aromatic nitrogens is 4. The maximum absolute atomic E-state index is 6.21. The predicted octanol–water partition coefficient (Wildman–Crippen LogP) is 5.43. The van der Waals surface area contributed by atoms with Crippen molar-refractivity contribution in [2.45, 2.75) is 26.4 Å². The Morgan fingerprint density at radius 2 is 1.83 bits per heavy atom. The number of nitrogens with one attached hydrogen (secondary N) is 2. The van der Waals surface area contributed by atoms with Crippen molar-refractivity contribution < 1.29 is 0 Å². The van der Waals surface area contributed by atoms with Gasteiger partial charge in [0.25, 0.3) is 0 Å². The molecule has 0 aliphatic heterocycles. The Labute approximate surface area is 194 Å². The predicted molar refractivity (Wildman–Crippen MR) is 124 cm³/mol. The van der Waals surface area contributed by atoms with Crippen LogP contribution in [0.3, 0.4) is 0 Å². The molecule has 0 spiro atoms. The van der Waals surface area contributed by atoms with E-state index < -0.39 is 0 Å². The average molecular weight is 492 g/mol. The summed E-state index contributed by atoms with van der Waals surface area (Å²) >= 11 is 29.9. The van der Waals surface area contributed by atoms with Crippen LogP contribution < -0.4 is 10.6 Å². The van der Waals surface area contributed by atoms with Gasteiger partial charge >= 0.3 is 0 Å². The Kier molecular flexibility index (Phi) is 7.65. The average Bonchev–Trinajstić information content (AvgIpc) is 3.21. The highest BCUT2D eigenvalue weighted by Crippen LogP contribution is 2.26. The molecular formula is C18H18Cl4N6S. The van der Waals surface area contributed by atoms with Crippen LogP contribution in [0.5, 0.6) is 0 Å². The van der Waals surface area contributed by atoms with Crippen molar-refractivity contribution in [3.05, 3.63) is 61.9 Å². The lowest BCUT2D eigenvalue weighted by molar-refractivity contribution is 0.571. The summed E-state index contributed by atoms with van der Waals surface area (Å²) in [7, 11) is 0. The van der Waals surface area contributed by atoms with E-state index in [4.69, 9.17) is 58.6 Å². The molecule has 0 aliphatic rings. The fraction of sp³-hybridized carbons (Fsp3) is 0.278. The standard InChI is InChI=1S/C18H18Cl4N6S/c1-11-16(21)17(22)28(25-11)8-3-7-23-18(29)24-15-6-9-27(26-15)10-12-13(19)4-2-5-14(12)20/h2,4-6,9H,3,7-8,10H2,1H3,(H2,23,24,26,29). The zero-order chi connectivity index (χ0) is 21.0. The molecule has 0 saturated heterocycles. The van der Waals surface area contributed by atoms with Crippen molar-refractivity contribution in [1.82, 2.24) is 24.9 Å². The van der Waals surface area contributed by atoms with Crippen molar-refractivity contribution in [3.8, 4) is 0 Å². The van der Waals surface area contributed by atoms with E-state index in [1.165, 1.54) is 0 Å². The Morgan fingerprint density at radius 1 is 1.10 bits per heavy atom. The minimum Gasteiger partial charge on any atom is -0.362 e. The molecule has 0 unspecified atom stereocenters. The van der Waals surface area contributed by atoms with Crippen LogP contribution in [0.4, 0.5) is 5.82 Å². The minimum absolute atomic E-state index is 0.453. The smallest absolute Gasteiger partial charge is 0.171 e. The van der Waals surface area contributed by atoms with Gasteiger partial charge in [0.2, 0.25) is 0 Å². The lowest BCUT2D eigenvalue weighted by Crippen LogP contribution is -2.30. The van der Waals surface area contributed by atoms with Gasteiger partial charge < -0.3 is 10.6 Å². The lowest BCUT2D eigenvalue weighted by Gasteiger charge is -2.09. The van der Waals surface area contributed by atoms with Gasteiger partial charge in [-0.3, -0.25) is 9.36 Å². The number of halogens is 4. The second kappa shape index (κ2) is 10.00. The third kappa shape index (κ3) is 5.77. The van der Waals surface area contributed by atoms with Gasteiger partial charge in [-0.25, -0.2) is 0 Å². The zero-order valence-electron chi connectivity index (χ0n) is 15.4. The molecule has 0 atom stereocenters. The summed E-state index contributed by atoms with van der Waals surface area (Å²) in [6.45, 7) is 3.57. The van der Waals surface area contributed by atoms with Crippen LogP contribution in [0.2, 0.25) is 20.2 Å². The van der Waals surface area contributed by atoms with Crippen molar-refractivity contribution in [2.24, 2.45) is 0 Å². The van der Waals surface area contributed by atoms with E-state index in [-0.39, 0.29) is 0 Å². The van der Waals surface area contributed by atoms with Gasteiger partial charge in [-0.15, -0.1) is 0 Å². The fourth-order valence-electron chi connectivity index (χ4n) is 2.63. The number of anilines is 1. The molecule has 11 heteroatoms. The Bertz CT molecular complexity index is 996. The van der Waals surface area contributed by atoms with Crippen LogP contribution in [0, 0.1) is 6.92 Å². The first-order chi connectivity index (χ1) is 13.8. The molecular weight excluding hydrogens is 474 g/mol. The molecule has 3 rings (SSSR count). The maximum Gasteiger partial charge on any atom is 0.171 e. The zero-order valence-corrected chi connectivity index (χ0v) is 19.3. The number of rotatable bonds is 7. The van der Waals surface area contributed by atoms with Crippen molar-refractivity contribution >= 4 is 69.6 Å². The molecule has 0 bridgehead atoms. The van der Waals surface area contributed by atoms with Gasteiger partial charge in [-0.1, -0.05) is 52.5 Å². The molecule has 154 valence electrons. The van der Waals surface area contributed by atoms with Gasteiger partial charge in [-0.2, -0.15) is 10.2 Å². The molecule has 29 heavy (non-hydrogen) atoms. The molecule has 0 radical (unpaired) electrons. The van der Waals surface area contributed by atoms with Crippen LogP contribution in [-0.2, 0) is 13.1 Å². The number of benzene rings is 1. The number of hydrogen-bond donors (Lipinski definition) is 2. The normalized spacial score (nSPS) is 10.9. The molecule has 0 amide bonds. The molecule has 1 aromatic carbocycles. The van der Waals surface area contributed by atoms with Crippen molar-refractivity contribution in [3.63, 3.8) is 0 Å². The van der Waals surface area contributed by atoms with Crippen molar-refractivity contribution in [1.29, 1.82) is 0 Å². The number of hydrogen-bond acceptors (Lipinski definition) is 3. The van der Waals surface area contributed by atoms with Gasteiger partial charge in [-0.05, 0) is 37.7 Å². The summed E-state index contributed by atoms with van der Waals surface area (Å²) in [6, 6.07) is 7.24. The third-order valence-corrected chi connectivity index (χ3v) is 5.98. The largest absolute Gasteiger partial charge is 0.362 e. The van der Waals surface area contributed by atoms with E-state index in [2.05, 4.69) is 20.8 Å². The Morgan fingerprint density at radius 3 is 2.48 bits per heavy atom. The quantitative estimate of drug-likeness (QED) is 0.341. The maximum atomic E-state index is 6.21. The van der Waals surface area contributed by atoms with Crippen LogP contribution in [0.1, 0.15) is 17.7 Å². The van der Waals surface area contributed by atoms with Gasteiger partial charge in [0, 0.05) is 41.0 Å². The van der Waals surface area contributed by atoms with E-state index in [1.807, 2.05) is 25.3 Å². The first kappa shape index (κ1) is 22.2. The van der Waals surface area contributed by atoms with Crippen LogP contribution in [0.25, 0.3) is 0 Å². The molecule has 6 nitrogen and oxygen atoms in total. The van der Waals surface area contributed by atoms with E-state index in [1.54, 1.807) is 21.5 Å². The molecule has 2 heterocycles. The third-order valence-electron chi connectivity index (χ3n) is 4.09. The second-order valence-corrected chi connectivity index (χ2v) is 8.21. The Balaban J connectivity index is 1.46. The SMILES string of the molecule is Cc1nn(CCCNC(=S)Nc2ccn(Cc3c(Cl)cccc3Cl)n2)c(Cl)c1Cl. The van der Waals surface area contributed by atoms with Gasteiger partial charge in [0.15, 0.2) is 10.9 Å². The highest BCUT2D eigenvalue weighted by atomic mass is 35.5. The summed E-state index contributed by atoms with van der Waals surface area (Å²) in [5.41, 5.74) is 1.54. The number of thiocarbonyl (C=S) groups is 1. The van der Waals surface area contributed by atoms with E-state index in [9.17, 15) is 0 Å². The molecule has 0 aliphatic carbocycles. The topological polar surface area (TPSA) is 59.7 Å². The minimum atomic E-state index is 0.453. The van der Waals surface area contributed by atoms with Gasteiger partial charge in [0.1, 0.15) is 10.2 Å². The summed E-state index contributed by atoms with van der Waals surface area (Å²) in [5, 5.41) is 17.5. The monoisotopic (exact) mass is 490 g/mol. The first-order valence-electron chi connectivity index (χ1n) is 8.74. The summed E-state index contributed by atoms with van der Waals surface area (Å²) in [6.07, 6.45) is 2.61. The molecule has 0 fully saturated rings. The van der Waals surface area contributed by atoms with Gasteiger partial charge in [0.05, 0.1) is 12.2 Å². The highest BCUT2D eigenvalue weighted by molar-refractivity contribution is 7.80. The van der Waals surface area contributed by atoms with E-state index in [0.717, 1.165) is 17.7 Å². The summed E-state index contributed by atoms with van der Waals surface area (Å²) < 4.78 is 3.42. The van der Waals surface area contributed by atoms with Crippen LogP contribution >= 0.6 is 58.6 Å². The highest BCUT2D eigenvalue weighted by Gasteiger charge is 2.11. The molecule has 2 aromatic heterocycles.